The minimum absolute atomic E-state index is 0.116. The first-order chi connectivity index (χ1) is 13.5. The molecule has 0 aliphatic rings. The van der Waals surface area contributed by atoms with Crippen molar-refractivity contribution in [1.82, 2.24) is 9.55 Å². The summed E-state index contributed by atoms with van der Waals surface area (Å²) in [7, 11) is 0. The smallest absolute Gasteiger partial charge is 0.326 e. The Morgan fingerprint density at radius 2 is 1.96 bits per heavy atom. The van der Waals surface area contributed by atoms with Crippen LogP contribution in [0.1, 0.15) is 51.5 Å². The van der Waals surface area contributed by atoms with E-state index in [0.717, 1.165) is 30.4 Å². The second kappa shape index (κ2) is 9.15. The number of hydrogen-bond acceptors (Lipinski definition) is 5. The quantitative estimate of drug-likeness (QED) is 0.396. The highest BCUT2D eigenvalue weighted by Crippen LogP contribution is 2.31. The van der Waals surface area contributed by atoms with Crippen molar-refractivity contribution in [1.29, 1.82) is 0 Å². The Kier molecular flexibility index (Phi) is 6.62. The van der Waals surface area contributed by atoms with Gasteiger partial charge in [0.1, 0.15) is 11.4 Å². The van der Waals surface area contributed by atoms with Gasteiger partial charge >= 0.3 is 5.97 Å². The van der Waals surface area contributed by atoms with Crippen LogP contribution in [0, 0.1) is 0 Å². The summed E-state index contributed by atoms with van der Waals surface area (Å²) in [6.07, 6.45) is 4.36. The lowest BCUT2D eigenvalue weighted by molar-refractivity contribution is -0.144. The fourth-order valence-corrected chi connectivity index (χ4v) is 3.97. The van der Waals surface area contributed by atoms with E-state index < -0.39 is 5.97 Å². The zero-order chi connectivity index (χ0) is 20.1. The highest BCUT2D eigenvalue weighted by Gasteiger charge is 2.15. The second-order valence-electron chi connectivity index (χ2n) is 7.21. The van der Waals surface area contributed by atoms with Gasteiger partial charge in [-0.25, -0.2) is 4.98 Å². The molecule has 1 aromatic carbocycles. The molecule has 0 radical (unpaired) electrons. The molecule has 6 heteroatoms. The maximum absolute atomic E-state index is 13.0. The van der Waals surface area contributed by atoms with Gasteiger partial charge in [-0.15, -0.1) is 11.3 Å². The lowest BCUT2D eigenvalue weighted by atomic mass is 9.99. The molecule has 0 bridgehead atoms. The van der Waals surface area contributed by atoms with Crippen molar-refractivity contribution < 1.29 is 9.53 Å². The Hall–Kier alpha value is -2.47. The summed E-state index contributed by atoms with van der Waals surface area (Å²) in [6.45, 7) is 6.67. The SMILES string of the molecule is CCCCCOC(=O)Cn1cnc2scc(-c3ccc(C(C)C)cc3)c2c1=O. The molecule has 0 aliphatic heterocycles. The number of nitrogens with zero attached hydrogens (tertiary/aromatic N) is 2. The van der Waals surface area contributed by atoms with E-state index in [2.05, 4.69) is 37.9 Å². The summed E-state index contributed by atoms with van der Waals surface area (Å²) in [5.41, 5.74) is 2.89. The van der Waals surface area contributed by atoms with Gasteiger partial charge in [-0.05, 0) is 23.5 Å². The number of fused-ring (bicyclic) bond motifs is 1. The molecule has 0 atom stereocenters. The molecule has 0 saturated carbocycles. The number of rotatable bonds is 8. The molecule has 0 spiro atoms. The Morgan fingerprint density at radius 3 is 2.64 bits per heavy atom. The van der Waals surface area contributed by atoms with Crippen molar-refractivity contribution in [2.45, 2.75) is 52.5 Å². The van der Waals surface area contributed by atoms with Gasteiger partial charge in [-0.1, -0.05) is 57.9 Å². The van der Waals surface area contributed by atoms with Crippen molar-refractivity contribution >= 4 is 27.5 Å². The minimum atomic E-state index is -0.405. The molecule has 5 nitrogen and oxygen atoms in total. The molecule has 3 aromatic rings. The van der Waals surface area contributed by atoms with Gasteiger partial charge in [-0.2, -0.15) is 0 Å². The molecule has 28 heavy (non-hydrogen) atoms. The molecule has 2 heterocycles. The first-order valence-electron chi connectivity index (χ1n) is 9.73. The van der Waals surface area contributed by atoms with Crippen LogP contribution >= 0.6 is 11.3 Å². The Balaban J connectivity index is 1.86. The Bertz CT molecular complexity index is 1000. The maximum atomic E-state index is 13.0. The monoisotopic (exact) mass is 398 g/mol. The summed E-state index contributed by atoms with van der Waals surface area (Å²) in [5, 5.41) is 2.51. The van der Waals surface area contributed by atoms with E-state index >= 15 is 0 Å². The van der Waals surface area contributed by atoms with Gasteiger partial charge in [0, 0.05) is 10.9 Å². The standard InChI is InChI=1S/C22H26N2O3S/c1-4-5-6-11-27-19(25)12-24-14-23-21-20(22(24)26)18(13-28-21)17-9-7-16(8-10-17)15(2)3/h7-10,13-15H,4-6,11-12H2,1-3H3. The van der Waals surface area contributed by atoms with Crippen molar-refractivity contribution in [3.05, 3.63) is 51.9 Å². The number of ether oxygens (including phenoxy) is 1. The molecule has 148 valence electrons. The number of unbranched alkanes of at least 4 members (excludes halogenated alkanes) is 2. The van der Waals surface area contributed by atoms with Crippen LogP contribution in [0.2, 0.25) is 0 Å². The molecule has 0 N–H and O–H groups in total. The minimum Gasteiger partial charge on any atom is -0.464 e. The summed E-state index contributed by atoms with van der Waals surface area (Å²) < 4.78 is 6.56. The molecule has 0 fully saturated rings. The summed E-state index contributed by atoms with van der Waals surface area (Å²) in [5.74, 6) is 0.0490. The van der Waals surface area contributed by atoms with Crippen molar-refractivity contribution in [2.24, 2.45) is 0 Å². The van der Waals surface area contributed by atoms with Crippen LogP contribution in [-0.4, -0.2) is 22.1 Å². The third-order valence-electron chi connectivity index (χ3n) is 4.76. The zero-order valence-corrected chi connectivity index (χ0v) is 17.4. The third-order valence-corrected chi connectivity index (χ3v) is 5.65. The van der Waals surface area contributed by atoms with Crippen molar-refractivity contribution in [3.8, 4) is 11.1 Å². The van der Waals surface area contributed by atoms with Crippen LogP contribution in [0.4, 0.5) is 0 Å². The average molecular weight is 399 g/mol. The van der Waals surface area contributed by atoms with Crippen molar-refractivity contribution in [2.75, 3.05) is 6.61 Å². The van der Waals surface area contributed by atoms with E-state index in [1.165, 1.54) is 27.8 Å². The van der Waals surface area contributed by atoms with Crippen LogP contribution in [-0.2, 0) is 16.1 Å². The first kappa shape index (κ1) is 20.3. The van der Waals surface area contributed by atoms with E-state index in [0.29, 0.717) is 22.7 Å². The summed E-state index contributed by atoms with van der Waals surface area (Å²) in [6, 6.07) is 8.25. The van der Waals surface area contributed by atoms with Gasteiger partial charge in [-0.3, -0.25) is 14.2 Å². The van der Waals surface area contributed by atoms with Gasteiger partial charge in [0.25, 0.3) is 5.56 Å². The topological polar surface area (TPSA) is 61.2 Å². The van der Waals surface area contributed by atoms with E-state index in [9.17, 15) is 9.59 Å². The van der Waals surface area contributed by atoms with Crippen molar-refractivity contribution in [3.63, 3.8) is 0 Å². The van der Waals surface area contributed by atoms with Gasteiger partial charge < -0.3 is 4.74 Å². The first-order valence-corrected chi connectivity index (χ1v) is 10.6. The Labute approximate surface area is 169 Å². The number of thiophene rings is 1. The van der Waals surface area contributed by atoms with Crippen LogP contribution in [0.5, 0.6) is 0 Å². The van der Waals surface area contributed by atoms with Gasteiger partial charge in [0.2, 0.25) is 0 Å². The number of aromatic nitrogens is 2. The van der Waals surface area contributed by atoms with Crippen LogP contribution in [0.25, 0.3) is 21.3 Å². The molecule has 3 rings (SSSR count). The molecule has 0 unspecified atom stereocenters. The predicted molar refractivity (Wildman–Crippen MR) is 114 cm³/mol. The lowest BCUT2D eigenvalue weighted by Gasteiger charge is -2.08. The normalized spacial score (nSPS) is 11.3. The zero-order valence-electron chi connectivity index (χ0n) is 16.6. The molecule has 0 amide bonds. The molecular weight excluding hydrogens is 372 g/mol. The number of carbonyl (C=O) groups excluding carboxylic acids is 1. The third kappa shape index (κ3) is 4.50. The second-order valence-corrected chi connectivity index (χ2v) is 8.07. The Morgan fingerprint density at radius 1 is 1.21 bits per heavy atom. The van der Waals surface area contributed by atoms with E-state index in [1.54, 1.807) is 0 Å². The summed E-state index contributed by atoms with van der Waals surface area (Å²) in [4.78, 5) is 30.1. The van der Waals surface area contributed by atoms with E-state index in [-0.39, 0.29) is 12.1 Å². The van der Waals surface area contributed by atoms with Crippen LogP contribution in [0.3, 0.4) is 0 Å². The highest BCUT2D eigenvalue weighted by molar-refractivity contribution is 7.17. The number of carbonyl (C=O) groups is 1. The van der Waals surface area contributed by atoms with E-state index in [4.69, 9.17) is 4.74 Å². The molecule has 0 saturated heterocycles. The summed E-state index contributed by atoms with van der Waals surface area (Å²) >= 11 is 1.44. The molecule has 2 aromatic heterocycles. The number of hydrogen-bond donors (Lipinski definition) is 0. The highest BCUT2D eigenvalue weighted by atomic mass is 32.1. The number of benzene rings is 1. The average Bonchev–Trinajstić information content (AvgIpc) is 3.12. The largest absolute Gasteiger partial charge is 0.464 e. The van der Waals surface area contributed by atoms with Gasteiger partial charge in [0.15, 0.2) is 0 Å². The molecule has 0 aliphatic carbocycles. The predicted octanol–water partition coefficient (Wildman–Crippen LogP) is 4.98. The lowest BCUT2D eigenvalue weighted by Crippen LogP contribution is -2.25. The molecular formula is C22H26N2O3S. The number of esters is 1. The van der Waals surface area contributed by atoms with Crippen LogP contribution in [0.15, 0.2) is 40.8 Å². The van der Waals surface area contributed by atoms with Gasteiger partial charge in [0.05, 0.1) is 18.3 Å². The van der Waals surface area contributed by atoms with E-state index in [1.807, 2.05) is 17.5 Å². The fourth-order valence-electron chi connectivity index (χ4n) is 3.06. The van der Waals surface area contributed by atoms with Crippen LogP contribution < -0.4 is 5.56 Å². The maximum Gasteiger partial charge on any atom is 0.326 e. The fraction of sp³-hybridized carbons (Fsp3) is 0.409.